The molecule has 0 aliphatic carbocycles. The van der Waals surface area contributed by atoms with Crippen LogP contribution in [0.3, 0.4) is 0 Å². The Morgan fingerprint density at radius 2 is 1.61 bits per heavy atom. The van der Waals surface area contributed by atoms with Crippen LogP contribution >= 0.6 is 0 Å². The molecule has 5 nitrogen and oxygen atoms in total. The van der Waals surface area contributed by atoms with E-state index in [0.717, 1.165) is 18.5 Å². The summed E-state index contributed by atoms with van der Waals surface area (Å²) in [5.41, 5.74) is 4.07. The normalized spacial score (nSPS) is 10.6. The number of Topliss-reactive ketones (excluding diaryl/α,β-unsaturated/α-hetero) is 1. The van der Waals surface area contributed by atoms with E-state index in [-0.39, 0.29) is 24.5 Å². The summed E-state index contributed by atoms with van der Waals surface area (Å²) in [7, 11) is 0. The first-order valence-electron chi connectivity index (χ1n) is 9.56. The molecular formula is C23H25N3O2. The fourth-order valence-corrected chi connectivity index (χ4v) is 2.94. The number of hydrogen-bond acceptors (Lipinski definition) is 3. The molecule has 0 spiro atoms. The summed E-state index contributed by atoms with van der Waals surface area (Å²) in [5.74, 6) is -0.109. The highest BCUT2D eigenvalue weighted by atomic mass is 16.2. The minimum absolute atomic E-state index is 0.00153. The Morgan fingerprint density at radius 1 is 0.929 bits per heavy atom. The summed E-state index contributed by atoms with van der Waals surface area (Å²) < 4.78 is 2.00. The number of aromatic nitrogens is 2. The molecule has 2 aromatic carbocycles. The van der Waals surface area contributed by atoms with Crippen molar-refractivity contribution in [3.8, 4) is 0 Å². The number of ketones is 1. The van der Waals surface area contributed by atoms with Crippen LogP contribution in [0.15, 0.2) is 67.3 Å². The summed E-state index contributed by atoms with van der Waals surface area (Å²) in [6, 6.07) is 15.7. The number of benzene rings is 2. The third-order valence-corrected chi connectivity index (χ3v) is 4.70. The molecule has 0 aliphatic rings. The van der Waals surface area contributed by atoms with Gasteiger partial charge in [0, 0.05) is 43.9 Å². The standard InChI is InChI=1S/C23H25N3O2/c1-2-18-7-9-21(10-8-18)22(27)11-12-23(28)25-15-19-3-5-20(6-4-19)16-26-14-13-24-17-26/h3-10,13-14,17H,2,11-12,15-16H2,1H3,(H,25,28). The summed E-state index contributed by atoms with van der Waals surface area (Å²) in [6.45, 7) is 3.31. The maximum absolute atomic E-state index is 12.2. The predicted octanol–water partition coefficient (Wildman–Crippen LogP) is 3.77. The van der Waals surface area contributed by atoms with Crippen molar-refractivity contribution in [2.75, 3.05) is 0 Å². The van der Waals surface area contributed by atoms with Crippen molar-refractivity contribution in [3.63, 3.8) is 0 Å². The number of imidazole rings is 1. The first-order valence-corrected chi connectivity index (χ1v) is 9.56. The Kier molecular flexibility index (Phi) is 6.73. The van der Waals surface area contributed by atoms with E-state index in [2.05, 4.69) is 17.2 Å². The fraction of sp³-hybridized carbons (Fsp3) is 0.261. The van der Waals surface area contributed by atoms with Crippen LogP contribution in [0.1, 0.15) is 46.8 Å². The van der Waals surface area contributed by atoms with Crippen molar-refractivity contribution in [2.45, 2.75) is 39.3 Å². The molecule has 1 heterocycles. The molecule has 1 amide bonds. The number of nitrogens with one attached hydrogen (secondary N) is 1. The zero-order valence-corrected chi connectivity index (χ0v) is 16.1. The molecule has 0 saturated carbocycles. The molecule has 1 N–H and O–H groups in total. The second-order valence-electron chi connectivity index (χ2n) is 6.80. The van der Waals surface area contributed by atoms with Crippen LogP contribution in [0.4, 0.5) is 0 Å². The van der Waals surface area contributed by atoms with Gasteiger partial charge in [0.1, 0.15) is 0 Å². The molecule has 1 aromatic heterocycles. The number of aryl methyl sites for hydroxylation is 1. The Balaban J connectivity index is 1.41. The van der Waals surface area contributed by atoms with Gasteiger partial charge < -0.3 is 9.88 Å². The van der Waals surface area contributed by atoms with Gasteiger partial charge in [0.05, 0.1) is 6.33 Å². The SMILES string of the molecule is CCc1ccc(C(=O)CCC(=O)NCc2ccc(Cn3ccnc3)cc2)cc1. The van der Waals surface area contributed by atoms with Gasteiger partial charge in [0.25, 0.3) is 0 Å². The van der Waals surface area contributed by atoms with Crippen molar-refractivity contribution < 1.29 is 9.59 Å². The lowest BCUT2D eigenvalue weighted by atomic mass is 10.0. The molecular weight excluding hydrogens is 350 g/mol. The lowest BCUT2D eigenvalue weighted by Gasteiger charge is -2.07. The van der Waals surface area contributed by atoms with E-state index >= 15 is 0 Å². The van der Waals surface area contributed by atoms with Gasteiger partial charge in [-0.3, -0.25) is 9.59 Å². The second-order valence-corrected chi connectivity index (χ2v) is 6.80. The minimum Gasteiger partial charge on any atom is -0.352 e. The second kappa shape index (κ2) is 9.65. The zero-order chi connectivity index (χ0) is 19.8. The molecule has 0 atom stereocenters. The van der Waals surface area contributed by atoms with Gasteiger partial charge >= 0.3 is 0 Å². The van der Waals surface area contributed by atoms with Crippen molar-refractivity contribution in [2.24, 2.45) is 0 Å². The van der Waals surface area contributed by atoms with Crippen molar-refractivity contribution >= 4 is 11.7 Å². The van der Waals surface area contributed by atoms with E-state index in [0.29, 0.717) is 12.1 Å². The quantitative estimate of drug-likeness (QED) is 0.579. The molecule has 3 rings (SSSR count). The van der Waals surface area contributed by atoms with Gasteiger partial charge in [-0.15, -0.1) is 0 Å². The molecule has 0 aliphatic heterocycles. The van der Waals surface area contributed by atoms with Crippen molar-refractivity contribution in [1.29, 1.82) is 0 Å². The lowest BCUT2D eigenvalue weighted by molar-refractivity contribution is -0.121. The molecule has 0 radical (unpaired) electrons. The third-order valence-electron chi connectivity index (χ3n) is 4.70. The summed E-state index contributed by atoms with van der Waals surface area (Å²) in [5, 5.41) is 2.88. The number of carbonyl (C=O) groups excluding carboxylic acids is 2. The highest BCUT2D eigenvalue weighted by Gasteiger charge is 2.09. The number of rotatable bonds is 9. The van der Waals surface area contributed by atoms with Crippen LogP contribution in [0.5, 0.6) is 0 Å². The van der Waals surface area contributed by atoms with Crippen LogP contribution in [0, 0.1) is 0 Å². The Hall–Kier alpha value is -3.21. The summed E-state index contributed by atoms with van der Waals surface area (Å²) in [6.07, 6.45) is 6.84. The van der Waals surface area contributed by atoms with Crippen molar-refractivity contribution in [3.05, 3.63) is 89.5 Å². The smallest absolute Gasteiger partial charge is 0.220 e. The number of hydrogen-bond donors (Lipinski definition) is 1. The van der Waals surface area contributed by atoms with E-state index in [1.165, 1.54) is 11.1 Å². The minimum atomic E-state index is -0.110. The summed E-state index contributed by atoms with van der Waals surface area (Å²) >= 11 is 0. The van der Waals surface area contributed by atoms with Gasteiger partial charge in [-0.1, -0.05) is 55.5 Å². The lowest BCUT2D eigenvalue weighted by Crippen LogP contribution is -2.23. The molecule has 5 heteroatoms. The van der Waals surface area contributed by atoms with E-state index in [4.69, 9.17) is 0 Å². The monoisotopic (exact) mass is 375 g/mol. The molecule has 144 valence electrons. The molecule has 0 saturated heterocycles. The van der Waals surface area contributed by atoms with Crippen LogP contribution < -0.4 is 5.32 Å². The largest absolute Gasteiger partial charge is 0.352 e. The highest BCUT2D eigenvalue weighted by Crippen LogP contribution is 2.10. The van der Waals surface area contributed by atoms with Gasteiger partial charge in [-0.05, 0) is 23.1 Å². The Bertz CT molecular complexity index is 898. The predicted molar refractivity (Wildman–Crippen MR) is 109 cm³/mol. The highest BCUT2D eigenvalue weighted by molar-refractivity contribution is 5.97. The van der Waals surface area contributed by atoms with Crippen LogP contribution in [-0.4, -0.2) is 21.2 Å². The fourth-order valence-electron chi connectivity index (χ4n) is 2.94. The average Bonchev–Trinajstić information content (AvgIpc) is 3.24. The number of amides is 1. The molecule has 0 bridgehead atoms. The van der Waals surface area contributed by atoms with E-state index in [9.17, 15) is 9.59 Å². The zero-order valence-electron chi connectivity index (χ0n) is 16.1. The van der Waals surface area contributed by atoms with Crippen LogP contribution in [0.2, 0.25) is 0 Å². The van der Waals surface area contributed by atoms with Gasteiger partial charge in [-0.25, -0.2) is 4.98 Å². The van der Waals surface area contributed by atoms with Crippen molar-refractivity contribution in [1.82, 2.24) is 14.9 Å². The summed E-state index contributed by atoms with van der Waals surface area (Å²) in [4.78, 5) is 28.3. The molecule has 3 aromatic rings. The van der Waals surface area contributed by atoms with E-state index in [1.54, 1.807) is 12.5 Å². The van der Waals surface area contributed by atoms with E-state index in [1.807, 2.05) is 59.3 Å². The topological polar surface area (TPSA) is 64.0 Å². The maximum Gasteiger partial charge on any atom is 0.220 e. The molecule has 0 fully saturated rings. The van der Waals surface area contributed by atoms with E-state index < -0.39 is 0 Å². The van der Waals surface area contributed by atoms with Crippen LogP contribution in [-0.2, 0) is 24.3 Å². The number of carbonyl (C=O) groups is 2. The average molecular weight is 375 g/mol. The number of nitrogens with zero attached hydrogens (tertiary/aromatic N) is 2. The van der Waals surface area contributed by atoms with Gasteiger partial charge in [-0.2, -0.15) is 0 Å². The van der Waals surface area contributed by atoms with Crippen LogP contribution in [0.25, 0.3) is 0 Å². The maximum atomic E-state index is 12.2. The molecule has 28 heavy (non-hydrogen) atoms. The third kappa shape index (κ3) is 5.64. The Morgan fingerprint density at radius 3 is 2.25 bits per heavy atom. The Labute approximate surface area is 165 Å². The van der Waals surface area contributed by atoms with Gasteiger partial charge in [0.15, 0.2) is 5.78 Å². The first kappa shape index (κ1) is 19.5. The molecule has 0 unspecified atom stereocenters. The first-order chi connectivity index (χ1) is 13.6. The van der Waals surface area contributed by atoms with Gasteiger partial charge in [0.2, 0.25) is 5.91 Å².